The normalized spacial score (nSPS) is 10.7. The Labute approximate surface area is 180 Å². The first-order chi connectivity index (χ1) is 13.4. The van der Waals surface area contributed by atoms with E-state index < -0.39 is 0 Å². The van der Waals surface area contributed by atoms with Crippen molar-refractivity contribution in [3.8, 4) is 11.3 Å². The number of aromatic nitrogens is 2. The second-order valence-corrected chi connectivity index (χ2v) is 7.80. The summed E-state index contributed by atoms with van der Waals surface area (Å²) >= 11 is 15.2. The van der Waals surface area contributed by atoms with Gasteiger partial charge in [-0.25, -0.2) is 4.68 Å². The molecular weight excluding hydrogens is 465 g/mol. The van der Waals surface area contributed by atoms with Crippen LogP contribution in [0, 0.1) is 0 Å². The van der Waals surface area contributed by atoms with E-state index in [0.717, 1.165) is 10.0 Å². The maximum Gasteiger partial charge on any atom is 0.266 e. The molecule has 0 saturated carbocycles. The van der Waals surface area contributed by atoms with Crippen molar-refractivity contribution in [2.75, 3.05) is 5.32 Å². The van der Waals surface area contributed by atoms with Crippen LogP contribution in [-0.2, 0) is 11.3 Å². The number of anilines is 1. The van der Waals surface area contributed by atoms with Crippen LogP contribution >= 0.6 is 39.1 Å². The van der Waals surface area contributed by atoms with Crippen LogP contribution in [0.1, 0.15) is 12.8 Å². The summed E-state index contributed by atoms with van der Waals surface area (Å²) in [6.45, 7) is 0.345. The van der Waals surface area contributed by atoms with Gasteiger partial charge in [0, 0.05) is 34.8 Å². The average Bonchev–Trinajstić information content (AvgIpc) is 2.67. The lowest BCUT2D eigenvalue weighted by atomic mass is 10.1. The average molecular weight is 481 g/mol. The summed E-state index contributed by atoms with van der Waals surface area (Å²) in [4.78, 5) is 24.2. The minimum absolute atomic E-state index is 0.171. The van der Waals surface area contributed by atoms with Gasteiger partial charge in [0.1, 0.15) is 0 Å². The third-order valence-corrected chi connectivity index (χ3v) is 5.25. The third kappa shape index (κ3) is 5.44. The van der Waals surface area contributed by atoms with Crippen molar-refractivity contribution in [2.45, 2.75) is 19.4 Å². The van der Waals surface area contributed by atoms with Gasteiger partial charge >= 0.3 is 0 Å². The van der Waals surface area contributed by atoms with E-state index in [1.54, 1.807) is 24.3 Å². The maximum atomic E-state index is 12.1. The number of aryl methyl sites for hydroxylation is 1. The summed E-state index contributed by atoms with van der Waals surface area (Å²) in [6.07, 6.45) is 0.723. The van der Waals surface area contributed by atoms with Gasteiger partial charge in [0.2, 0.25) is 5.91 Å². The van der Waals surface area contributed by atoms with Crippen LogP contribution in [-0.4, -0.2) is 15.7 Å². The molecule has 2 aromatic carbocycles. The van der Waals surface area contributed by atoms with E-state index in [1.807, 2.05) is 24.3 Å². The fourth-order valence-corrected chi connectivity index (χ4v) is 3.13. The van der Waals surface area contributed by atoms with Gasteiger partial charge in [0.15, 0.2) is 0 Å². The van der Waals surface area contributed by atoms with Gasteiger partial charge in [-0.1, -0.05) is 51.3 Å². The van der Waals surface area contributed by atoms with E-state index in [0.29, 0.717) is 34.4 Å². The minimum Gasteiger partial charge on any atom is -0.326 e. The number of nitrogens with zero attached hydrogens (tertiary/aromatic N) is 2. The number of amides is 1. The molecule has 0 saturated heterocycles. The molecule has 0 aliphatic heterocycles. The van der Waals surface area contributed by atoms with Crippen molar-refractivity contribution in [2.24, 2.45) is 0 Å². The first kappa shape index (κ1) is 20.6. The molecule has 5 nitrogen and oxygen atoms in total. The second kappa shape index (κ2) is 9.37. The lowest BCUT2D eigenvalue weighted by molar-refractivity contribution is -0.116. The van der Waals surface area contributed by atoms with E-state index in [9.17, 15) is 9.59 Å². The number of hydrogen-bond acceptors (Lipinski definition) is 3. The SMILES string of the molecule is O=C(CCCn1nc(-c2ccc(Br)cc2)ccc1=O)Nc1ccc(Cl)c(Cl)c1. The Kier molecular flexibility index (Phi) is 6.88. The molecule has 3 aromatic rings. The Bertz CT molecular complexity index is 1050. The predicted molar refractivity (Wildman–Crippen MR) is 116 cm³/mol. The monoisotopic (exact) mass is 479 g/mol. The summed E-state index contributed by atoms with van der Waals surface area (Å²) in [6, 6.07) is 15.8. The van der Waals surface area contributed by atoms with Crippen LogP contribution in [0.5, 0.6) is 0 Å². The van der Waals surface area contributed by atoms with Gasteiger partial charge < -0.3 is 5.32 Å². The van der Waals surface area contributed by atoms with Gasteiger partial charge in [-0.2, -0.15) is 5.10 Å². The zero-order chi connectivity index (χ0) is 20.1. The number of halogens is 3. The van der Waals surface area contributed by atoms with Crippen molar-refractivity contribution in [1.82, 2.24) is 9.78 Å². The zero-order valence-electron chi connectivity index (χ0n) is 14.7. The third-order valence-electron chi connectivity index (χ3n) is 3.98. The van der Waals surface area contributed by atoms with Crippen LogP contribution in [0.4, 0.5) is 5.69 Å². The van der Waals surface area contributed by atoms with Crippen molar-refractivity contribution in [1.29, 1.82) is 0 Å². The highest BCUT2D eigenvalue weighted by molar-refractivity contribution is 9.10. The Hall–Kier alpha value is -2.15. The molecule has 0 bridgehead atoms. The van der Waals surface area contributed by atoms with E-state index >= 15 is 0 Å². The fraction of sp³-hybridized carbons (Fsp3) is 0.150. The summed E-state index contributed by atoms with van der Waals surface area (Å²) in [5.41, 5.74) is 1.99. The van der Waals surface area contributed by atoms with E-state index in [4.69, 9.17) is 23.2 Å². The highest BCUT2D eigenvalue weighted by Crippen LogP contribution is 2.25. The molecule has 0 unspecified atom stereocenters. The van der Waals surface area contributed by atoms with Gasteiger partial charge in [0.05, 0.1) is 15.7 Å². The lowest BCUT2D eigenvalue weighted by Crippen LogP contribution is -2.23. The Morgan fingerprint density at radius 2 is 1.79 bits per heavy atom. The molecule has 144 valence electrons. The second-order valence-electron chi connectivity index (χ2n) is 6.07. The van der Waals surface area contributed by atoms with Gasteiger partial charge in [0.25, 0.3) is 5.56 Å². The van der Waals surface area contributed by atoms with Gasteiger partial charge in [-0.15, -0.1) is 0 Å². The maximum absolute atomic E-state index is 12.1. The Morgan fingerprint density at radius 1 is 1.04 bits per heavy atom. The van der Waals surface area contributed by atoms with Crippen molar-refractivity contribution >= 4 is 50.7 Å². The standard InChI is InChI=1S/C20H16BrCl2N3O2/c21-14-5-3-13(4-6-14)18-9-10-20(28)26(25-18)11-1-2-19(27)24-15-7-8-16(22)17(23)12-15/h3-10,12H,1-2,11H2,(H,24,27). The molecule has 28 heavy (non-hydrogen) atoms. The molecule has 1 heterocycles. The Morgan fingerprint density at radius 3 is 2.50 bits per heavy atom. The molecule has 1 N–H and O–H groups in total. The van der Waals surface area contributed by atoms with Crippen LogP contribution < -0.4 is 10.9 Å². The van der Waals surface area contributed by atoms with E-state index in [2.05, 4.69) is 26.3 Å². The molecule has 0 spiro atoms. The molecule has 8 heteroatoms. The summed E-state index contributed by atoms with van der Waals surface area (Å²) < 4.78 is 2.35. The highest BCUT2D eigenvalue weighted by Gasteiger charge is 2.07. The Balaban J connectivity index is 1.60. The van der Waals surface area contributed by atoms with E-state index in [1.165, 1.54) is 10.7 Å². The lowest BCUT2D eigenvalue weighted by Gasteiger charge is -2.08. The molecule has 0 aliphatic carbocycles. The number of nitrogens with one attached hydrogen (secondary N) is 1. The van der Waals surface area contributed by atoms with Crippen LogP contribution in [0.3, 0.4) is 0 Å². The number of carbonyl (C=O) groups is 1. The summed E-state index contributed by atoms with van der Waals surface area (Å²) in [7, 11) is 0. The number of hydrogen-bond donors (Lipinski definition) is 1. The van der Waals surface area contributed by atoms with Crippen molar-refractivity contribution < 1.29 is 4.79 Å². The fourth-order valence-electron chi connectivity index (χ4n) is 2.57. The van der Waals surface area contributed by atoms with Crippen LogP contribution in [0.25, 0.3) is 11.3 Å². The van der Waals surface area contributed by atoms with Crippen molar-refractivity contribution in [3.05, 3.63) is 79.5 Å². The first-order valence-electron chi connectivity index (χ1n) is 8.51. The molecule has 0 atom stereocenters. The number of rotatable bonds is 6. The van der Waals surface area contributed by atoms with Crippen LogP contribution in [0.2, 0.25) is 10.0 Å². The highest BCUT2D eigenvalue weighted by atomic mass is 79.9. The number of benzene rings is 2. The quantitative estimate of drug-likeness (QED) is 0.513. The zero-order valence-corrected chi connectivity index (χ0v) is 17.8. The first-order valence-corrected chi connectivity index (χ1v) is 10.1. The van der Waals surface area contributed by atoms with E-state index in [-0.39, 0.29) is 17.9 Å². The molecule has 1 amide bonds. The molecule has 0 aliphatic rings. The predicted octanol–water partition coefficient (Wildman–Crippen LogP) is 5.40. The largest absolute Gasteiger partial charge is 0.326 e. The summed E-state index contributed by atoms with van der Waals surface area (Å²) in [5, 5.41) is 7.96. The molecule has 1 aromatic heterocycles. The molecular formula is C20H16BrCl2N3O2. The minimum atomic E-state index is -0.203. The summed E-state index contributed by atoms with van der Waals surface area (Å²) in [5.74, 6) is -0.171. The van der Waals surface area contributed by atoms with Crippen LogP contribution in [0.15, 0.2) is 63.9 Å². The molecule has 3 rings (SSSR count). The van der Waals surface area contributed by atoms with Crippen molar-refractivity contribution in [3.63, 3.8) is 0 Å². The molecule has 0 radical (unpaired) electrons. The van der Waals surface area contributed by atoms with Gasteiger partial charge in [-0.05, 0) is 42.8 Å². The smallest absolute Gasteiger partial charge is 0.266 e. The topological polar surface area (TPSA) is 64.0 Å². The molecule has 0 fully saturated rings. The number of carbonyl (C=O) groups excluding carboxylic acids is 1. The van der Waals surface area contributed by atoms with Gasteiger partial charge in [-0.3, -0.25) is 9.59 Å².